The summed E-state index contributed by atoms with van der Waals surface area (Å²) in [5.41, 5.74) is 0.150. The van der Waals surface area contributed by atoms with Crippen LogP contribution in [0.2, 0.25) is 0 Å². The van der Waals surface area contributed by atoms with Crippen LogP contribution in [0.1, 0.15) is 49.4 Å². The van der Waals surface area contributed by atoms with E-state index in [9.17, 15) is 9.59 Å². The van der Waals surface area contributed by atoms with E-state index in [4.69, 9.17) is 4.74 Å². The van der Waals surface area contributed by atoms with Gasteiger partial charge in [-0.25, -0.2) is 14.8 Å². The van der Waals surface area contributed by atoms with Crippen molar-refractivity contribution in [2.45, 2.75) is 49.7 Å². The molecule has 1 aliphatic carbocycles. The van der Waals surface area contributed by atoms with Crippen LogP contribution < -0.4 is 10.2 Å². The standard InChI is InChI=1S/C17H24N4O3S/c1-3-24-15(23)12-9-18-16(25-2)20-14(12)21-10-13(22)19-11-17(21)7-5-4-6-8-17/h9H,3-8,10-11H2,1-2H3,(H,19,22). The zero-order valence-electron chi connectivity index (χ0n) is 14.7. The number of ether oxygens (including phenoxy) is 1. The van der Waals surface area contributed by atoms with E-state index in [0.29, 0.717) is 23.1 Å². The molecule has 1 saturated carbocycles. The van der Waals surface area contributed by atoms with Crippen molar-refractivity contribution in [3.8, 4) is 0 Å². The number of anilines is 1. The Labute approximate surface area is 151 Å². The molecule has 2 aliphatic rings. The average Bonchev–Trinajstić information content (AvgIpc) is 2.64. The molecule has 25 heavy (non-hydrogen) atoms. The molecule has 2 fully saturated rings. The molecular weight excluding hydrogens is 340 g/mol. The fourth-order valence-electron chi connectivity index (χ4n) is 3.70. The number of amides is 1. The normalized spacial score (nSPS) is 19.6. The van der Waals surface area contributed by atoms with E-state index in [1.54, 1.807) is 6.92 Å². The van der Waals surface area contributed by atoms with E-state index < -0.39 is 5.97 Å². The number of hydrogen-bond donors (Lipinski definition) is 1. The second-order valence-corrected chi connectivity index (χ2v) is 7.24. The number of piperazine rings is 1. The van der Waals surface area contributed by atoms with Crippen LogP contribution in [0.15, 0.2) is 11.4 Å². The lowest BCUT2D eigenvalue weighted by Crippen LogP contribution is -2.64. The number of nitrogens with zero attached hydrogens (tertiary/aromatic N) is 3. The molecule has 136 valence electrons. The number of nitrogens with one attached hydrogen (secondary N) is 1. The van der Waals surface area contributed by atoms with Gasteiger partial charge in [-0.15, -0.1) is 0 Å². The van der Waals surface area contributed by atoms with Crippen LogP contribution in [0.4, 0.5) is 5.82 Å². The maximum atomic E-state index is 12.4. The Balaban J connectivity index is 2.06. The second-order valence-electron chi connectivity index (χ2n) is 6.46. The molecule has 8 heteroatoms. The molecule has 1 spiro atoms. The molecule has 0 atom stereocenters. The summed E-state index contributed by atoms with van der Waals surface area (Å²) < 4.78 is 5.18. The van der Waals surface area contributed by atoms with Gasteiger partial charge in [-0.3, -0.25) is 4.79 Å². The first-order valence-electron chi connectivity index (χ1n) is 8.72. The summed E-state index contributed by atoms with van der Waals surface area (Å²) in [5.74, 6) is 0.0342. The maximum Gasteiger partial charge on any atom is 0.343 e. The molecule has 7 nitrogen and oxygen atoms in total. The van der Waals surface area contributed by atoms with Gasteiger partial charge in [-0.05, 0) is 26.0 Å². The summed E-state index contributed by atoms with van der Waals surface area (Å²) in [6.45, 7) is 2.85. The van der Waals surface area contributed by atoms with E-state index in [0.717, 1.165) is 25.7 Å². The molecule has 2 heterocycles. The van der Waals surface area contributed by atoms with Crippen LogP contribution in [-0.2, 0) is 9.53 Å². The third-order valence-electron chi connectivity index (χ3n) is 4.95. The van der Waals surface area contributed by atoms with Gasteiger partial charge < -0.3 is 15.0 Å². The van der Waals surface area contributed by atoms with Crippen LogP contribution in [-0.4, -0.2) is 53.3 Å². The van der Waals surface area contributed by atoms with E-state index in [-0.39, 0.29) is 24.6 Å². The Bertz CT molecular complexity index is 661. The minimum Gasteiger partial charge on any atom is -0.462 e. The minimum atomic E-state index is -0.443. The molecule has 1 aromatic rings. The zero-order valence-corrected chi connectivity index (χ0v) is 15.5. The van der Waals surface area contributed by atoms with Crippen molar-refractivity contribution in [1.29, 1.82) is 0 Å². The Hall–Kier alpha value is -1.83. The SMILES string of the molecule is CCOC(=O)c1cnc(SC)nc1N1CC(=O)NCC12CCCCC2. The largest absolute Gasteiger partial charge is 0.462 e. The van der Waals surface area contributed by atoms with E-state index >= 15 is 0 Å². The topological polar surface area (TPSA) is 84.4 Å². The van der Waals surface area contributed by atoms with E-state index in [1.165, 1.54) is 24.4 Å². The molecule has 0 aromatic carbocycles. The number of carbonyl (C=O) groups is 2. The average molecular weight is 364 g/mol. The van der Waals surface area contributed by atoms with Gasteiger partial charge in [-0.1, -0.05) is 31.0 Å². The molecule has 0 unspecified atom stereocenters. The number of carbonyl (C=O) groups excluding carboxylic acids is 2. The Morgan fingerprint density at radius 1 is 1.40 bits per heavy atom. The molecule has 1 N–H and O–H groups in total. The summed E-state index contributed by atoms with van der Waals surface area (Å²) in [5, 5.41) is 3.58. The zero-order chi connectivity index (χ0) is 17.9. The molecular formula is C17H24N4O3S. The van der Waals surface area contributed by atoms with Gasteiger partial charge in [0.1, 0.15) is 11.4 Å². The smallest absolute Gasteiger partial charge is 0.343 e. The number of rotatable bonds is 4. The summed E-state index contributed by atoms with van der Waals surface area (Å²) in [7, 11) is 0. The van der Waals surface area contributed by atoms with Crippen molar-refractivity contribution < 1.29 is 14.3 Å². The van der Waals surface area contributed by atoms with Gasteiger partial charge in [0.25, 0.3) is 0 Å². The molecule has 3 rings (SSSR count). The fraction of sp³-hybridized carbons (Fsp3) is 0.647. The van der Waals surface area contributed by atoms with Crippen LogP contribution in [0.25, 0.3) is 0 Å². The number of thioether (sulfide) groups is 1. The monoisotopic (exact) mass is 364 g/mol. The van der Waals surface area contributed by atoms with Crippen LogP contribution in [0.3, 0.4) is 0 Å². The third-order valence-corrected chi connectivity index (χ3v) is 5.52. The van der Waals surface area contributed by atoms with Gasteiger partial charge in [0, 0.05) is 12.7 Å². The highest BCUT2D eigenvalue weighted by Gasteiger charge is 2.44. The van der Waals surface area contributed by atoms with Gasteiger partial charge in [0.05, 0.1) is 18.7 Å². The summed E-state index contributed by atoms with van der Waals surface area (Å²) >= 11 is 1.42. The lowest BCUT2D eigenvalue weighted by Gasteiger charge is -2.50. The highest BCUT2D eigenvalue weighted by atomic mass is 32.2. The summed E-state index contributed by atoms with van der Waals surface area (Å²) in [4.78, 5) is 35.4. The molecule has 1 aliphatic heterocycles. The maximum absolute atomic E-state index is 12.4. The van der Waals surface area contributed by atoms with Gasteiger partial charge in [0.2, 0.25) is 5.91 Å². The van der Waals surface area contributed by atoms with Crippen molar-refractivity contribution in [3.05, 3.63) is 11.8 Å². The number of aromatic nitrogens is 2. The van der Waals surface area contributed by atoms with Crippen molar-refractivity contribution in [2.75, 3.05) is 30.9 Å². The van der Waals surface area contributed by atoms with Gasteiger partial charge in [-0.2, -0.15) is 0 Å². The van der Waals surface area contributed by atoms with Crippen LogP contribution in [0.5, 0.6) is 0 Å². The lowest BCUT2D eigenvalue weighted by molar-refractivity contribution is -0.121. The Morgan fingerprint density at radius 3 is 2.84 bits per heavy atom. The van der Waals surface area contributed by atoms with E-state index in [2.05, 4.69) is 15.3 Å². The predicted octanol–water partition coefficient (Wildman–Crippen LogP) is 2.01. The summed E-state index contributed by atoms with van der Waals surface area (Å²) in [6.07, 6.45) is 8.80. The van der Waals surface area contributed by atoms with Crippen LogP contribution >= 0.6 is 11.8 Å². The molecule has 0 radical (unpaired) electrons. The fourth-order valence-corrected chi connectivity index (χ4v) is 4.03. The van der Waals surface area contributed by atoms with Gasteiger partial charge in [0.15, 0.2) is 5.16 Å². The molecule has 1 saturated heterocycles. The second kappa shape index (κ2) is 7.59. The Kier molecular flexibility index (Phi) is 5.46. The molecule has 1 amide bonds. The Morgan fingerprint density at radius 2 is 2.16 bits per heavy atom. The van der Waals surface area contributed by atoms with E-state index in [1.807, 2.05) is 11.2 Å². The summed E-state index contributed by atoms with van der Waals surface area (Å²) in [6, 6.07) is 0. The van der Waals surface area contributed by atoms with Crippen molar-refractivity contribution >= 4 is 29.5 Å². The predicted molar refractivity (Wildman–Crippen MR) is 95.9 cm³/mol. The van der Waals surface area contributed by atoms with Gasteiger partial charge >= 0.3 is 5.97 Å². The van der Waals surface area contributed by atoms with Crippen LogP contribution in [0, 0.1) is 0 Å². The molecule has 0 bridgehead atoms. The van der Waals surface area contributed by atoms with Crippen molar-refractivity contribution in [2.24, 2.45) is 0 Å². The van der Waals surface area contributed by atoms with Crippen molar-refractivity contribution in [3.63, 3.8) is 0 Å². The molecule has 1 aromatic heterocycles. The van der Waals surface area contributed by atoms with Crippen molar-refractivity contribution in [1.82, 2.24) is 15.3 Å². The highest BCUT2D eigenvalue weighted by Crippen LogP contribution is 2.38. The number of esters is 1. The number of hydrogen-bond acceptors (Lipinski definition) is 7. The first-order chi connectivity index (χ1) is 12.1. The first-order valence-corrected chi connectivity index (χ1v) is 9.94. The minimum absolute atomic E-state index is 0.0460. The quantitative estimate of drug-likeness (QED) is 0.497. The third kappa shape index (κ3) is 3.58. The first kappa shape index (κ1) is 18.0. The highest BCUT2D eigenvalue weighted by molar-refractivity contribution is 7.98. The lowest BCUT2D eigenvalue weighted by atomic mass is 9.79.